The van der Waals surface area contributed by atoms with E-state index in [-0.39, 0.29) is 17.6 Å². The molecule has 1 saturated heterocycles. The van der Waals surface area contributed by atoms with Crippen LogP contribution in [0.15, 0.2) is 24.5 Å². The van der Waals surface area contributed by atoms with E-state index in [9.17, 15) is 9.18 Å². The minimum atomic E-state index is -0.248. The molecule has 0 N–H and O–H groups in total. The van der Waals surface area contributed by atoms with Gasteiger partial charge in [-0.25, -0.2) is 13.9 Å². The first-order chi connectivity index (χ1) is 13.3. The van der Waals surface area contributed by atoms with Crippen LogP contribution in [0.5, 0.6) is 0 Å². The van der Waals surface area contributed by atoms with Gasteiger partial charge in [-0.3, -0.25) is 4.79 Å². The van der Waals surface area contributed by atoms with Crippen molar-refractivity contribution in [1.29, 1.82) is 0 Å². The molecular weight excluding hydrogens is 357 g/mol. The van der Waals surface area contributed by atoms with Gasteiger partial charge in [0.1, 0.15) is 12.1 Å². The molecule has 2 aromatic heterocycles. The summed E-state index contributed by atoms with van der Waals surface area (Å²) in [6.07, 6.45) is 2.40. The number of aromatic nitrogens is 4. The first-order valence-corrected chi connectivity index (χ1v) is 9.58. The van der Waals surface area contributed by atoms with E-state index in [0.29, 0.717) is 41.5 Å². The number of rotatable bonds is 2. The maximum atomic E-state index is 14.0. The van der Waals surface area contributed by atoms with E-state index in [1.807, 2.05) is 17.9 Å². The molecular formula is C21H24FN5O. The van der Waals surface area contributed by atoms with Gasteiger partial charge < -0.3 is 4.90 Å². The monoisotopic (exact) mass is 381 g/mol. The Balaban J connectivity index is 1.67. The van der Waals surface area contributed by atoms with E-state index < -0.39 is 0 Å². The molecule has 1 fully saturated rings. The van der Waals surface area contributed by atoms with Crippen LogP contribution in [0, 0.1) is 32.5 Å². The Morgan fingerprint density at radius 1 is 1.18 bits per heavy atom. The summed E-state index contributed by atoms with van der Waals surface area (Å²) in [6, 6.07) is 5.32. The number of carbonyl (C=O) groups excluding carboxylic acids is 1. The summed E-state index contributed by atoms with van der Waals surface area (Å²) in [6.45, 7) is 8.82. The zero-order valence-electron chi connectivity index (χ0n) is 16.6. The second kappa shape index (κ2) is 6.96. The third-order valence-corrected chi connectivity index (χ3v) is 5.72. The lowest BCUT2D eigenvalue weighted by Crippen LogP contribution is -2.42. The van der Waals surface area contributed by atoms with Gasteiger partial charge in [-0.15, -0.1) is 0 Å². The van der Waals surface area contributed by atoms with Crippen molar-refractivity contribution in [2.24, 2.45) is 5.92 Å². The Labute approximate surface area is 163 Å². The SMILES string of the molecule is Cc1cc([C@H]2CN(C(=O)c3cc(C)c(F)c(C)c3)CCC2C)n2ncnc2n1. The molecule has 2 atom stereocenters. The van der Waals surface area contributed by atoms with Crippen molar-refractivity contribution in [1.82, 2.24) is 24.5 Å². The number of hydrogen-bond acceptors (Lipinski definition) is 4. The molecule has 3 heterocycles. The van der Waals surface area contributed by atoms with Gasteiger partial charge in [-0.05, 0) is 62.4 Å². The quantitative estimate of drug-likeness (QED) is 0.682. The molecule has 0 radical (unpaired) electrons. The first-order valence-electron chi connectivity index (χ1n) is 9.58. The fraction of sp³-hybridized carbons (Fsp3) is 0.429. The van der Waals surface area contributed by atoms with Gasteiger partial charge in [0, 0.05) is 30.3 Å². The zero-order valence-corrected chi connectivity index (χ0v) is 16.6. The second-order valence-corrected chi connectivity index (χ2v) is 7.84. The molecule has 1 amide bonds. The van der Waals surface area contributed by atoms with Crippen molar-refractivity contribution < 1.29 is 9.18 Å². The Bertz CT molecular complexity index is 1040. The molecule has 7 heteroatoms. The van der Waals surface area contributed by atoms with Crippen molar-refractivity contribution >= 4 is 11.7 Å². The van der Waals surface area contributed by atoms with Crippen LogP contribution in [0.25, 0.3) is 5.78 Å². The molecule has 1 aliphatic heterocycles. The largest absolute Gasteiger partial charge is 0.338 e. The van der Waals surface area contributed by atoms with Crippen molar-refractivity contribution in [3.63, 3.8) is 0 Å². The molecule has 1 aromatic carbocycles. The van der Waals surface area contributed by atoms with E-state index >= 15 is 0 Å². The normalized spacial score (nSPS) is 20.0. The molecule has 6 nitrogen and oxygen atoms in total. The third-order valence-electron chi connectivity index (χ3n) is 5.72. The van der Waals surface area contributed by atoms with Gasteiger partial charge in [-0.2, -0.15) is 10.1 Å². The molecule has 4 rings (SSSR count). The Morgan fingerprint density at radius 2 is 1.89 bits per heavy atom. The van der Waals surface area contributed by atoms with Crippen LogP contribution < -0.4 is 0 Å². The highest BCUT2D eigenvalue weighted by atomic mass is 19.1. The number of amides is 1. The smallest absolute Gasteiger partial charge is 0.253 e. The van der Waals surface area contributed by atoms with Crippen LogP contribution in [0.2, 0.25) is 0 Å². The van der Waals surface area contributed by atoms with Crippen LogP contribution in [0.4, 0.5) is 4.39 Å². The number of hydrogen-bond donors (Lipinski definition) is 0. The summed E-state index contributed by atoms with van der Waals surface area (Å²) in [4.78, 5) is 23.6. The number of carbonyl (C=O) groups is 1. The third kappa shape index (κ3) is 3.15. The molecule has 28 heavy (non-hydrogen) atoms. The molecule has 0 aliphatic carbocycles. The molecule has 0 spiro atoms. The van der Waals surface area contributed by atoms with Crippen LogP contribution in [0.1, 0.15) is 52.1 Å². The summed E-state index contributed by atoms with van der Waals surface area (Å²) in [5.41, 5.74) is 3.45. The minimum absolute atomic E-state index is 0.0521. The lowest BCUT2D eigenvalue weighted by molar-refractivity contribution is 0.0666. The van der Waals surface area contributed by atoms with Crippen LogP contribution in [0.3, 0.4) is 0 Å². The van der Waals surface area contributed by atoms with Gasteiger partial charge in [0.2, 0.25) is 0 Å². The number of aryl methyl sites for hydroxylation is 3. The Kier molecular flexibility index (Phi) is 4.61. The van der Waals surface area contributed by atoms with Crippen molar-refractivity contribution in [3.8, 4) is 0 Å². The summed E-state index contributed by atoms with van der Waals surface area (Å²) in [7, 11) is 0. The highest BCUT2D eigenvalue weighted by Gasteiger charge is 2.32. The fourth-order valence-corrected chi connectivity index (χ4v) is 4.11. The lowest BCUT2D eigenvalue weighted by atomic mass is 9.84. The molecule has 0 bridgehead atoms. The number of piperidine rings is 1. The highest BCUT2D eigenvalue weighted by Crippen LogP contribution is 2.33. The average Bonchev–Trinajstić information content (AvgIpc) is 3.13. The summed E-state index contributed by atoms with van der Waals surface area (Å²) >= 11 is 0. The van der Waals surface area contributed by atoms with Gasteiger partial charge in [0.15, 0.2) is 0 Å². The van der Waals surface area contributed by atoms with Crippen molar-refractivity contribution in [3.05, 3.63) is 58.4 Å². The summed E-state index contributed by atoms with van der Waals surface area (Å²) in [5.74, 6) is 0.808. The van der Waals surface area contributed by atoms with Crippen LogP contribution in [-0.2, 0) is 0 Å². The number of nitrogens with zero attached hydrogens (tertiary/aromatic N) is 5. The number of halogens is 1. The van der Waals surface area contributed by atoms with Gasteiger partial charge in [-0.1, -0.05) is 6.92 Å². The van der Waals surface area contributed by atoms with Gasteiger partial charge in [0.05, 0.1) is 5.69 Å². The standard InChI is InChI=1S/C21H24FN5O/c1-12-5-6-26(20(28)16-7-13(2)19(22)14(3)8-16)10-17(12)18-9-15(4)25-21-23-11-24-27(18)21/h7-9,11-12,17H,5-6,10H2,1-4H3/t12?,17-/m0/s1. The maximum Gasteiger partial charge on any atom is 0.253 e. The molecule has 1 aliphatic rings. The predicted molar refractivity (Wildman–Crippen MR) is 104 cm³/mol. The Hall–Kier alpha value is -2.83. The van der Waals surface area contributed by atoms with E-state index in [4.69, 9.17) is 0 Å². The number of benzene rings is 1. The molecule has 3 aromatic rings. The average molecular weight is 381 g/mol. The Morgan fingerprint density at radius 3 is 2.61 bits per heavy atom. The van der Waals surface area contributed by atoms with E-state index in [0.717, 1.165) is 17.8 Å². The number of likely N-dealkylation sites (tertiary alicyclic amines) is 1. The summed E-state index contributed by atoms with van der Waals surface area (Å²) < 4.78 is 15.7. The lowest BCUT2D eigenvalue weighted by Gasteiger charge is -2.37. The van der Waals surface area contributed by atoms with Gasteiger partial charge >= 0.3 is 0 Å². The molecule has 0 saturated carbocycles. The van der Waals surface area contributed by atoms with Crippen LogP contribution >= 0.6 is 0 Å². The fourth-order valence-electron chi connectivity index (χ4n) is 4.11. The second-order valence-electron chi connectivity index (χ2n) is 7.84. The highest BCUT2D eigenvalue weighted by molar-refractivity contribution is 5.94. The zero-order chi connectivity index (χ0) is 20.0. The van der Waals surface area contributed by atoms with E-state index in [1.165, 1.54) is 6.33 Å². The van der Waals surface area contributed by atoms with E-state index in [1.54, 1.807) is 30.5 Å². The molecule has 1 unspecified atom stereocenters. The van der Waals surface area contributed by atoms with Crippen molar-refractivity contribution in [2.45, 2.75) is 40.0 Å². The predicted octanol–water partition coefficient (Wildman–Crippen LogP) is 3.45. The molecule has 146 valence electrons. The number of fused-ring (bicyclic) bond motifs is 1. The first kappa shape index (κ1) is 18.5. The topological polar surface area (TPSA) is 63.4 Å². The summed E-state index contributed by atoms with van der Waals surface area (Å²) in [5, 5.41) is 4.33. The maximum absolute atomic E-state index is 14.0. The van der Waals surface area contributed by atoms with Crippen molar-refractivity contribution in [2.75, 3.05) is 13.1 Å². The minimum Gasteiger partial charge on any atom is -0.338 e. The van der Waals surface area contributed by atoms with Gasteiger partial charge in [0.25, 0.3) is 11.7 Å². The van der Waals surface area contributed by atoms with Crippen LogP contribution in [-0.4, -0.2) is 43.5 Å². The van der Waals surface area contributed by atoms with E-state index in [2.05, 4.69) is 22.0 Å².